The maximum atomic E-state index is 14.0. The number of alkyl halides is 3. The third kappa shape index (κ3) is 11.7. The second-order valence-corrected chi connectivity index (χ2v) is 33.6. The molecule has 1 fully saturated rings. The Morgan fingerprint density at radius 2 is 1.62 bits per heavy atom. The summed E-state index contributed by atoms with van der Waals surface area (Å²) >= 11 is -2.90. The normalized spacial score (nSPS) is 16.4. The molecule has 47 heavy (non-hydrogen) atoms. The summed E-state index contributed by atoms with van der Waals surface area (Å²) < 4.78 is 53.0. The van der Waals surface area contributed by atoms with Crippen LogP contribution in [-0.4, -0.2) is 81.6 Å². The Bertz CT molecular complexity index is 1280. The molecule has 1 aliphatic heterocycles. The van der Waals surface area contributed by atoms with Crippen LogP contribution in [-0.2, 0) is 6.18 Å². The monoisotopic (exact) mass is 784 g/mol. The fraction of sp³-hybridized carbons (Fsp3) is 0.667. The molecule has 1 atom stereocenters. The molecule has 6 nitrogen and oxygen atoms in total. The Hall–Kier alpha value is -1.79. The molecule has 0 aliphatic carbocycles. The molecule has 264 valence electrons. The average Bonchev–Trinajstić information content (AvgIpc) is 3.01. The van der Waals surface area contributed by atoms with E-state index in [2.05, 4.69) is 92.7 Å². The topological polar surface area (TPSA) is 57.7 Å². The number of carbonyl (C=O) groups excluding carboxylic acids is 1. The predicted molar refractivity (Wildman–Crippen MR) is 196 cm³/mol. The Kier molecular flexibility index (Phi) is 15.0. The number of pyridine rings is 1. The summed E-state index contributed by atoms with van der Waals surface area (Å²) in [7, 11) is 0.636. The molecule has 1 aromatic heterocycles. The third-order valence-corrected chi connectivity index (χ3v) is 27.0. The summed E-state index contributed by atoms with van der Waals surface area (Å²) in [5.74, 6) is -0.817. The molecule has 0 spiro atoms. The van der Waals surface area contributed by atoms with Gasteiger partial charge >= 0.3 is 269 Å². The van der Waals surface area contributed by atoms with Gasteiger partial charge in [-0.25, -0.2) is 0 Å². The van der Waals surface area contributed by atoms with Gasteiger partial charge in [-0.1, -0.05) is 19.6 Å². The van der Waals surface area contributed by atoms with E-state index < -0.39 is 44.1 Å². The molecule has 1 aromatic carbocycles. The molecule has 1 amide bonds. The van der Waals surface area contributed by atoms with Crippen molar-refractivity contribution in [1.29, 1.82) is 0 Å². The van der Waals surface area contributed by atoms with Crippen LogP contribution in [0.1, 0.15) is 82.3 Å². The van der Waals surface area contributed by atoms with Crippen LogP contribution in [0.25, 0.3) is 0 Å². The van der Waals surface area contributed by atoms with E-state index in [4.69, 9.17) is 4.74 Å². The van der Waals surface area contributed by atoms with Crippen molar-refractivity contribution in [3.05, 3.63) is 41.6 Å². The van der Waals surface area contributed by atoms with Crippen LogP contribution >= 0.6 is 0 Å². The molecule has 1 N–H and O–H groups in total. The van der Waals surface area contributed by atoms with Crippen LogP contribution in [0.4, 0.5) is 24.5 Å². The van der Waals surface area contributed by atoms with E-state index in [0.29, 0.717) is 11.7 Å². The van der Waals surface area contributed by atoms with Crippen LogP contribution in [0, 0.1) is 0 Å². The fourth-order valence-electron chi connectivity index (χ4n) is 6.37. The van der Waals surface area contributed by atoms with E-state index in [9.17, 15) is 18.0 Å². The molecule has 0 saturated carbocycles. The summed E-state index contributed by atoms with van der Waals surface area (Å²) in [5, 5.41) is 3.08. The van der Waals surface area contributed by atoms with Gasteiger partial charge in [-0.15, -0.1) is 0 Å². The van der Waals surface area contributed by atoms with Crippen LogP contribution in [0.3, 0.4) is 0 Å². The number of aromatic nitrogens is 1. The van der Waals surface area contributed by atoms with Crippen LogP contribution in [0.5, 0.6) is 5.88 Å². The molecular weight excluding hydrogens is 724 g/mol. The van der Waals surface area contributed by atoms with Crippen molar-refractivity contribution in [2.75, 3.05) is 43.5 Å². The number of ether oxygens (including phenoxy) is 1. The number of halogens is 3. The van der Waals surface area contributed by atoms with Crippen molar-refractivity contribution in [1.82, 2.24) is 9.88 Å². The van der Waals surface area contributed by atoms with E-state index in [1.165, 1.54) is 36.2 Å². The van der Waals surface area contributed by atoms with Gasteiger partial charge in [0, 0.05) is 0 Å². The Morgan fingerprint density at radius 3 is 2.15 bits per heavy atom. The van der Waals surface area contributed by atoms with E-state index in [1.54, 1.807) is 0 Å². The zero-order valence-electron chi connectivity index (χ0n) is 30.2. The first-order chi connectivity index (χ1) is 22.1. The first-order valence-corrected chi connectivity index (χ1v) is 28.9. The van der Waals surface area contributed by atoms with E-state index in [-0.39, 0.29) is 18.2 Å². The van der Waals surface area contributed by atoms with Gasteiger partial charge in [-0.3, -0.25) is 0 Å². The number of unbranched alkanes of at least 4 members (excludes halogenated alkanes) is 3. The number of hydrogen-bond acceptors (Lipinski definition) is 5. The Morgan fingerprint density at radius 1 is 1.00 bits per heavy atom. The van der Waals surface area contributed by atoms with Crippen molar-refractivity contribution >= 4 is 47.3 Å². The van der Waals surface area contributed by atoms with Gasteiger partial charge in [0.25, 0.3) is 0 Å². The van der Waals surface area contributed by atoms with Crippen molar-refractivity contribution in [3.63, 3.8) is 0 Å². The maximum absolute atomic E-state index is 14.0. The number of benzene rings is 1. The summed E-state index contributed by atoms with van der Waals surface area (Å²) in [4.78, 5) is 22.8. The van der Waals surface area contributed by atoms with Crippen LogP contribution in [0.2, 0.25) is 39.0 Å². The second kappa shape index (κ2) is 17.7. The summed E-state index contributed by atoms with van der Waals surface area (Å²) in [6.07, 6.45) is 2.44. The summed E-state index contributed by atoms with van der Waals surface area (Å²) in [6, 6.07) is 9.54. The molecule has 3 rings (SSSR count). The number of anilines is 2. The number of nitrogens with one attached hydrogen (secondary N) is 1. The standard InChI is InChI=1S/C24H32F3N4O2Si.3C4H9.Sn/c1-17-16-31(11-10-30(17)2)21-9-7-6-8-19(21)29-23(32)20-14-18(24(25,26)27)15-22(28-20)33-12-13-34(3,4)5;3*1-3-4-2;/h7-9,14-15,17H,10-13,16H2,1-5H3,(H,29,32);3*1,3-4H2,2H3;/t17-;;;;/m0..../s1. The van der Waals surface area contributed by atoms with Crippen LogP contribution in [0.15, 0.2) is 30.3 Å². The van der Waals surface area contributed by atoms with Gasteiger partial charge in [0.1, 0.15) is 0 Å². The van der Waals surface area contributed by atoms with Gasteiger partial charge in [0.2, 0.25) is 0 Å². The number of hydrogen-bond donors (Lipinski definition) is 1. The molecule has 0 unspecified atom stereocenters. The third-order valence-electron chi connectivity index (χ3n) is 9.65. The molecular formula is C36H59F3N4O2SiSn. The second-order valence-electron chi connectivity index (χ2n) is 14.8. The van der Waals surface area contributed by atoms with Gasteiger partial charge in [0.05, 0.1) is 0 Å². The number of amides is 1. The van der Waals surface area contributed by atoms with Crippen molar-refractivity contribution < 1.29 is 22.7 Å². The number of rotatable bonds is 17. The zero-order valence-corrected chi connectivity index (χ0v) is 34.0. The first-order valence-electron chi connectivity index (χ1n) is 17.8. The zero-order chi connectivity index (χ0) is 34.8. The van der Waals surface area contributed by atoms with Crippen LogP contribution < -0.4 is 18.5 Å². The average molecular weight is 784 g/mol. The molecule has 1 saturated heterocycles. The molecule has 0 radical (unpaired) electrons. The molecule has 1 aliphatic rings. The number of likely N-dealkylation sites (N-methyl/N-ethyl adjacent to an activating group) is 1. The molecule has 2 aromatic rings. The molecule has 0 bridgehead atoms. The predicted octanol–water partition coefficient (Wildman–Crippen LogP) is 9.27. The summed E-state index contributed by atoms with van der Waals surface area (Å²) in [6.45, 7) is 18.2. The van der Waals surface area contributed by atoms with Gasteiger partial charge in [0.15, 0.2) is 0 Å². The van der Waals surface area contributed by atoms with Crippen molar-refractivity contribution in [3.8, 4) is 5.88 Å². The number of piperazine rings is 1. The number of carbonyl (C=O) groups is 1. The van der Waals surface area contributed by atoms with E-state index in [0.717, 1.165) is 62.8 Å². The van der Waals surface area contributed by atoms with Crippen molar-refractivity contribution in [2.45, 2.75) is 117 Å². The minimum atomic E-state index is -4.64. The molecule has 11 heteroatoms. The van der Waals surface area contributed by atoms with Gasteiger partial charge in [-0.2, -0.15) is 0 Å². The van der Waals surface area contributed by atoms with Gasteiger partial charge in [-0.05, 0) is 0 Å². The van der Waals surface area contributed by atoms with E-state index in [1.807, 2.05) is 0 Å². The number of nitrogens with zero attached hydrogens (tertiary/aromatic N) is 3. The van der Waals surface area contributed by atoms with Gasteiger partial charge < -0.3 is 0 Å². The fourth-order valence-corrected chi connectivity index (χ4v) is 23.1. The van der Waals surface area contributed by atoms with Crippen molar-refractivity contribution in [2.24, 2.45) is 0 Å². The first kappa shape index (κ1) is 39.6. The van der Waals surface area contributed by atoms with E-state index >= 15 is 0 Å². The molecule has 2 heterocycles. The Labute approximate surface area is 287 Å². The SMILES string of the molecule is CCC[CH2][Sn]([CH2]CCC)([CH2]CCC)[c]1ccc(N2CCN(C)[C@@H](C)C2)c(NC(=O)c2cc(C(F)(F)F)cc(OCC[Si](C)(C)C)n2)c1. The Balaban J connectivity index is 2.10. The minimum absolute atomic E-state index is 0.168. The quantitative estimate of drug-likeness (QED) is 0.162. The summed E-state index contributed by atoms with van der Waals surface area (Å²) in [5.41, 5.74) is 0.373.